The molecule has 0 aliphatic rings. The molecule has 0 aromatic rings. The van der Waals surface area contributed by atoms with Crippen molar-refractivity contribution in [2.24, 2.45) is 0 Å². The first-order valence-electron chi connectivity index (χ1n) is 5.73. The molecule has 18 heavy (non-hydrogen) atoms. The Kier molecular flexibility index (Phi) is 6.64. The third-order valence-corrected chi connectivity index (χ3v) is 2.27. The summed E-state index contributed by atoms with van der Waals surface area (Å²) in [5.41, 5.74) is -1.97. The van der Waals surface area contributed by atoms with E-state index < -0.39 is 17.6 Å². The minimum Gasteiger partial charge on any atom is -0.479 e. The fourth-order valence-corrected chi connectivity index (χ4v) is 0.985. The van der Waals surface area contributed by atoms with E-state index in [1.54, 1.807) is 7.05 Å². The molecule has 0 aliphatic carbocycles. The van der Waals surface area contributed by atoms with E-state index in [1.165, 1.54) is 4.90 Å². The van der Waals surface area contributed by atoms with Crippen LogP contribution in [0.1, 0.15) is 20.8 Å². The van der Waals surface area contributed by atoms with Gasteiger partial charge in [0.15, 0.2) is 5.60 Å². The van der Waals surface area contributed by atoms with Crippen LogP contribution >= 0.6 is 0 Å². The Morgan fingerprint density at radius 1 is 1.44 bits per heavy atom. The second-order valence-electron chi connectivity index (χ2n) is 4.58. The van der Waals surface area contributed by atoms with Crippen molar-refractivity contribution >= 4 is 12.0 Å². The molecule has 1 unspecified atom stereocenters. The number of likely N-dealkylation sites (N-methyl/N-ethyl adjacent to an activating group) is 1. The first kappa shape index (κ1) is 16.7. The number of aliphatic carboxylic acids is 1. The van der Waals surface area contributed by atoms with Gasteiger partial charge in [-0.15, -0.1) is 0 Å². The van der Waals surface area contributed by atoms with Gasteiger partial charge in [-0.1, -0.05) is 0 Å². The predicted octanol–water partition coefficient (Wildman–Crippen LogP) is -0.112. The molecule has 0 fully saturated rings. The largest absolute Gasteiger partial charge is 0.479 e. The van der Waals surface area contributed by atoms with Gasteiger partial charge >= 0.3 is 12.0 Å². The zero-order valence-electron chi connectivity index (χ0n) is 11.3. The monoisotopic (exact) mass is 262 g/mol. The van der Waals surface area contributed by atoms with Gasteiger partial charge < -0.3 is 25.2 Å². The number of nitrogens with zero attached hydrogens (tertiary/aromatic N) is 1. The van der Waals surface area contributed by atoms with Crippen molar-refractivity contribution < 1.29 is 24.5 Å². The smallest absolute Gasteiger partial charge is 0.337 e. The minimum atomic E-state index is -1.97. The number of rotatable bonds is 7. The lowest BCUT2D eigenvalue weighted by Gasteiger charge is -2.22. The maximum absolute atomic E-state index is 11.5. The number of carboxylic acids is 1. The van der Waals surface area contributed by atoms with Crippen LogP contribution in [0.4, 0.5) is 4.79 Å². The topological polar surface area (TPSA) is 99.1 Å². The normalized spacial score (nSPS) is 14.1. The number of carbonyl (C=O) groups excluding carboxylic acids is 1. The molecule has 0 aliphatic heterocycles. The van der Waals surface area contributed by atoms with Gasteiger partial charge in [0.2, 0.25) is 0 Å². The summed E-state index contributed by atoms with van der Waals surface area (Å²) in [5, 5.41) is 20.4. The van der Waals surface area contributed by atoms with E-state index in [9.17, 15) is 14.7 Å². The Bertz CT molecular complexity index is 291. The Hall–Kier alpha value is -1.34. The zero-order valence-corrected chi connectivity index (χ0v) is 11.3. The van der Waals surface area contributed by atoms with Crippen LogP contribution in [-0.2, 0) is 9.53 Å². The lowest BCUT2D eigenvalue weighted by atomic mass is 10.1. The fourth-order valence-electron chi connectivity index (χ4n) is 0.985. The predicted molar refractivity (Wildman–Crippen MR) is 65.4 cm³/mol. The molecule has 0 saturated carbocycles. The summed E-state index contributed by atoms with van der Waals surface area (Å²) in [6, 6.07) is -0.455. The summed E-state index contributed by atoms with van der Waals surface area (Å²) in [7, 11) is 1.56. The van der Waals surface area contributed by atoms with Crippen molar-refractivity contribution in [1.82, 2.24) is 10.2 Å². The molecule has 0 spiro atoms. The van der Waals surface area contributed by atoms with Crippen molar-refractivity contribution in [3.63, 3.8) is 0 Å². The lowest BCUT2D eigenvalue weighted by molar-refractivity contribution is -0.155. The van der Waals surface area contributed by atoms with Crippen LogP contribution < -0.4 is 5.32 Å². The van der Waals surface area contributed by atoms with Crippen molar-refractivity contribution in [3.05, 3.63) is 0 Å². The molecule has 1 atom stereocenters. The molecule has 0 aromatic heterocycles. The fraction of sp³-hybridized carbons (Fsp3) is 0.818. The number of amides is 2. The maximum atomic E-state index is 11.5. The van der Waals surface area contributed by atoms with Gasteiger partial charge in [-0.05, 0) is 20.8 Å². The Morgan fingerprint density at radius 3 is 2.44 bits per heavy atom. The highest BCUT2D eigenvalue weighted by atomic mass is 16.5. The Morgan fingerprint density at radius 2 is 2.00 bits per heavy atom. The highest BCUT2D eigenvalue weighted by molar-refractivity contribution is 5.79. The van der Waals surface area contributed by atoms with Gasteiger partial charge in [0.1, 0.15) is 0 Å². The number of nitrogens with one attached hydrogen (secondary N) is 1. The van der Waals surface area contributed by atoms with E-state index in [1.807, 2.05) is 13.8 Å². The Labute approximate surface area is 107 Å². The molecule has 0 aromatic carbocycles. The standard InChI is InChI=1S/C11H22N2O5/c1-8(2)18-6-5-13(4)10(16)12-7-11(3,17)9(14)15/h8,17H,5-7H2,1-4H3,(H,12,16)(H,14,15). The highest BCUT2D eigenvalue weighted by Crippen LogP contribution is 2.01. The van der Waals surface area contributed by atoms with Crippen LogP contribution in [0.15, 0.2) is 0 Å². The third kappa shape index (κ3) is 6.41. The molecule has 0 saturated heterocycles. The average molecular weight is 262 g/mol. The van der Waals surface area contributed by atoms with Gasteiger partial charge in [-0.3, -0.25) is 0 Å². The van der Waals surface area contributed by atoms with Gasteiger partial charge in [-0.2, -0.15) is 0 Å². The van der Waals surface area contributed by atoms with Crippen molar-refractivity contribution in [2.75, 3.05) is 26.7 Å². The quantitative estimate of drug-likeness (QED) is 0.594. The Balaban J connectivity index is 3.98. The van der Waals surface area contributed by atoms with Crippen LogP contribution in [0.25, 0.3) is 0 Å². The summed E-state index contributed by atoms with van der Waals surface area (Å²) in [5.74, 6) is -1.38. The first-order valence-corrected chi connectivity index (χ1v) is 5.73. The van der Waals surface area contributed by atoms with Crippen LogP contribution in [0, 0.1) is 0 Å². The van der Waals surface area contributed by atoms with Crippen LogP contribution in [0.3, 0.4) is 0 Å². The zero-order chi connectivity index (χ0) is 14.3. The molecular formula is C11H22N2O5. The second kappa shape index (κ2) is 7.17. The van der Waals surface area contributed by atoms with E-state index >= 15 is 0 Å². The average Bonchev–Trinajstić information content (AvgIpc) is 2.25. The molecule has 0 rings (SSSR count). The van der Waals surface area contributed by atoms with Crippen LogP contribution in [0.5, 0.6) is 0 Å². The number of carbonyl (C=O) groups is 2. The molecule has 3 N–H and O–H groups in total. The number of aliphatic hydroxyl groups is 1. The highest BCUT2D eigenvalue weighted by Gasteiger charge is 2.30. The third-order valence-electron chi connectivity index (χ3n) is 2.27. The molecule has 7 heteroatoms. The van der Waals surface area contributed by atoms with Crippen molar-refractivity contribution in [3.8, 4) is 0 Å². The summed E-state index contributed by atoms with van der Waals surface area (Å²) >= 11 is 0. The van der Waals surface area contributed by atoms with E-state index in [2.05, 4.69) is 5.32 Å². The van der Waals surface area contributed by atoms with E-state index in [0.29, 0.717) is 13.2 Å². The molecule has 2 amide bonds. The molecule has 7 nitrogen and oxygen atoms in total. The first-order chi connectivity index (χ1) is 8.16. The van der Waals surface area contributed by atoms with Crippen LogP contribution in [0.2, 0.25) is 0 Å². The molecular weight excluding hydrogens is 240 g/mol. The summed E-state index contributed by atoms with van der Waals surface area (Å²) in [6.07, 6.45) is 0.0919. The van der Waals surface area contributed by atoms with E-state index in [4.69, 9.17) is 9.84 Å². The SMILES string of the molecule is CC(C)OCCN(C)C(=O)NCC(C)(O)C(=O)O. The van der Waals surface area contributed by atoms with E-state index in [0.717, 1.165) is 6.92 Å². The van der Waals surface area contributed by atoms with Gasteiger partial charge in [0.25, 0.3) is 0 Å². The van der Waals surface area contributed by atoms with Gasteiger partial charge in [0.05, 0.1) is 19.3 Å². The van der Waals surface area contributed by atoms with Crippen molar-refractivity contribution in [2.45, 2.75) is 32.5 Å². The summed E-state index contributed by atoms with van der Waals surface area (Å²) in [4.78, 5) is 23.5. The molecule has 0 radical (unpaired) electrons. The lowest BCUT2D eigenvalue weighted by Crippen LogP contribution is -2.49. The second-order valence-corrected chi connectivity index (χ2v) is 4.58. The van der Waals surface area contributed by atoms with Crippen molar-refractivity contribution in [1.29, 1.82) is 0 Å². The summed E-state index contributed by atoms with van der Waals surface area (Å²) < 4.78 is 5.28. The van der Waals surface area contributed by atoms with Gasteiger partial charge in [-0.25, -0.2) is 9.59 Å². The molecule has 106 valence electrons. The number of carboxylic acid groups (broad SMARTS) is 1. The summed E-state index contributed by atoms with van der Waals surface area (Å²) in [6.45, 7) is 5.35. The maximum Gasteiger partial charge on any atom is 0.337 e. The number of hydrogen-bond acceptors (Lipinski definition) is 4. The number of hydrogen-bond donors (Lipinski definition) is 3. The van der Waals surface area contributed by atoms with Gasteiger partial charge in [0, 0.05) is 13.6 Å². The van der Waals surface area contributed by atoms with E-state index in [-0.39, 0.29) is 12.6 Å². The molecule has 0 heterocycles. The number of urea groups is 1. The van der Waals surface area contributed by atoms with Crippen LogP contribution in [-0.4, -0.2) is 65.6 Å². The molecule has 0 bridgehead atoms. The minimum absolute atomic E-state index is 0.0919. The number of ether oxygens (including phenoxy) is 1.